The molecule has 7 nitrogen and oxygen atoms in total. The second kappa shape index (κ2) is 8.78. The van der Waals surface area contributed by atoms with Gasteiger partial charge in [0.2, 0.25) is 0 Å². The number of methoxy groups -OCH3 is 1. The summed E-state index contributed by atoms with van der Waals surface area (Å²) >= 11 is 0. The van der Waals surface area contributed by atoms with Crippen LogP contribution in [0.15, 0.2) is 42.5 Å². The first-order valence-corrected chi connectivity index (χ1v) is 10.9. The van der Waals surface area contributed by atoms with Gasteiger partial charge in [0.25, 0.3) is 0 Å². The Morgan fingerprint density at radius 1 is 1.07 bits per heavy atom. The van der Waals surface area contributed by atoms with E-state index in [1.165, 1.54) is 24.1 Å². The van der Waals surface area contributed by atoms with Gasteiger partial charge in [0.1, 0.15) is 11.6 Å². The summed E-state index contributed by atoms with van der Waals surface area (Å²) in [5.41, 5.74) is 0.768. The lowest BCUT2D eigenvalue weighted by Gasteiger charge is -2.33. The lowest BCUT2D eigenvalue weighted by atomic mass is 10.1. The Hall–Kier alpha value is -3.01. The number of carbonyl (C=O) groups is 2. The minimum absolute atomic E-state index is 0.0121. The molecule has 1 aliphatic rings. The van der Waals surface area contributed by atoms with Crippen molar-refractivity contribution in [3.8, 4) is 0 Å². The molecule has 160 valence electrons. The zero-order chi connectivity index (χ0) is 21.9. The first kappa shape index (κ1) is 21.7. The lowest BCUT2D eigenvalue weighted by molar-refractivity contribution is 0.0600. The molecule has 1 fully saturated rings. The number of benzene rings is 2. The Morgan fingerprint density at radius 2 is 1.70 bits per heavy atom. The third kappa shape index (κ3) is 4.93. The molecular weight excluding hydrogens is 418 g/mol. The minimum Gasteiger partial charge on any atom is -0.465 e. The highest BCUT2D eigenvalue weighted by Crippen LogP contribution is 2.24. The summed E-state index contributed by atoms with van der Waals surface area (Å²) in [6.45, 7) is -0.0877. The number of urea groups is 1. The molecule has 30 heavy (non-hydrogen) atoms. The largest absolute Gasteiger partial charge is 0.465 e. The van der Waals surface area contributed by atoms with Gasteiger partial charge in [0, 0.05) is 19.2 Å². The van der Waals surface area contributed by atoms with Crippen LogP contribution in [0.4, 0.5) is 19.3 Å². The average Bonchev–Trinajstić information content (AvgIpc) is 2.72. The van der Waals surface area contributed by atoms with E-state index in [1.807, 2.05) is 0 Å². The number of nitrogens with zero attached hydrogens (tertiary/aromatic N) is 2. The van der Waals surface area contributed by atoms with E-state index >= 15 is 0 Å². The van der Waals surface area contributed by atoms with Crippen molar-refractivity contribution < 1.29 is 31.5 Å². The van der Waals surface area contributed by atoms with E-state index in [4.69, 9.17) is 0 Å². The van der Waals surface area contributed by atoms with Gasteiger partial charge in [-0.25, -0.2) is 26.8 Å². The van der Waals surface area contributed by atoms with E-state index in [0.29, 0.717) is 17.2 Å². The maximum Gasteiger partial charge on any atom is 0.337 e. The molecule has 1 saturated heterocycles. The van der Waals surface area contributed by atoms with Crippen LogP contribution in [0.3, 0.4) is 0 Å². The zero-order valence-corrected chi connectivity index (χ0v) is 17.0. The summed E-state index contributed by atoms with van der Waals surface area (Å²) < 4.78 is 55.8. The van der Waals surface area contributed by atoms with Gasteiger partial charge in [0.05, 0.1) is 36.4 Å². The zero-order valence-electron chi connectivity index (χ0n) is 16.2. The Labute approximate surface area is 172 Å². The summed E-state index contributed by atoms with van der Waals surface area (Å²) in [6, 6.07) is 8.50. The predicted octanol–water partition coefficient (Wildman–Crippen LogP) is 2.61. The standard InChI is InChI=1S/C20H20F2N2O5S/c1-29-19(25)15-4-2-14(3-5-15)13-24(18-7-6-16(21)12-17(18)22)20(26)23-8-10-30(27,28)11-9-23/h2-7,12H,8-11,13H2,1H3. The molecule has 0 aromatic heterocycles. The molecule has 0 unspecified atom stereocenters. The number of ether oxygens (including phenoxy) is 1. The number of amides is 2. The van der Waals surface area contributed by atoms with Gasteiger partial charge in [0.15, 0.2) is 9.84 Å². The maximum atomic E-state index is 14.5. The summed E-state index contributed by atoms with van der Waals surface area (Å²) in [5, 5.41) is 0. The van der Waals surface area contributed by atoms with Crippen LogP contribution in [0.5, 0.6) is 0 Å². The van der Waals surface area contributed by atoms with Crippen LogP contribution in [-0.2, 0) is 21.1 Å². The fourth-order valence-electron chi connectivity index (χ4n) is 3.08. The first-order chi connectivity index (χ1) is 14.2. The Morgan fingerprint density at radius 3 is 2.27 bits per heavy atom. The van der Waals surface area contributed by atoms with E-state index in [-0.39, 0.29) is 36.8 Å². The van der Waals surface area contributed by atoms with Gasteiger partial charge in [-0.2, -0.15) is 0 Å². The van der Waals surface area contributed by atoms with E-state index in [1.54, 1.807) is 12.1 Å². The maximum absolute atomic E-state index is 14.5. The van der Waals surface area contributed by atoms with E-state index in [0.717, 1.165) is 17.0 Å². The number of rotatable bonds is 4. The number of sulfone groups is 1. The fourth-order valence-corrected chi connectivity index (χ4v) is 4.28. The molecule has 3 rings (SSSR count). The van der Waals surface area contributed by atoms with E-state index in [2.05, 4.69) is 4.74 Å². The van der Waals surface area contributed by atoms with Crippen molar-refractivity contribution in [2.75, 3.05) is 36.6 Å². The number of esters is 1. The topological polar surface area (TPSA) is 84.0 Å². The van der Waals surface area contributed by atoms with Crippen molar-refractivity contribution in [3.63, 3.8) is 0 Å². The molecule has 0 aliphatic carbocycles. The fraction of sp³-hybridized carbons (Fsp3) is 0.300. The van der Waals surface area contributed by atoms with Gasteiger partial charge >= 0.3 is 12.0 Å². The molecule has 1 heterocycles. The van der Waals surface area contributed by atoms with Gasteiger partial charge in [-0.3, -0.25) is 4.90 Å². The van der Waals surface area contributed by atoms with Gasteiger partial charge < -0.3 is 9.64 Å². The normalized spacial score (nSPS) is 15.5. The highest BCUT2D eigenvalue weighted by atomic mass is 32.2. The van der Waals surface area contributed by atoms with Gasteiger partial charge in [-0.05, 0) is 29.8 Å². The third-order valence-electron chi connectivity index (χ3n) is 4.76. The second-order valence-electron chi connectivity index (χ2n) is 6.79. The molecule has 0 saturated carbocycles. The molecule has 10 heteroatoms. The predicted molar refractivity (Wildman–Crippen MR) is 106 cm³/mol. The molecule has 0 radical (unpaired) electrons. The van der Waals surface area contributed by atoms with Crippen LogP contribution in [0, 0.1) is 11.6 Å². The number of hydrogen-bond acceptors (Lipinski definition) is 5. The summed E-state index contributed by atoms with van der Waals surface area (Å²) in [4.78, 5) is 27.1. The van der Waals surface area contributed by atoms with Crippen molar-refractivity contribution in [2.24, 2.45) is 0 Å². The highest BCUT2D eigenvalue weighted by molar-refractivity contribution is 7.91. The molecule has 0 atom stereocenters. The van der Waals surface area contributed by atoms with Crippen molar-refractivity contribution in [1.82, 2.24) is 4.90 Å². The van der Waals surface area contributed by atoms with E-state index in [9.17, 15) is 26.8 Å². The van der Waals surface area contributed by atoms with Crippen LogP contribution >= 0.6 is 0 Å². The quantitative estimate of drug-likeness (QED) is 0.686. The van der Waals surface area contributed by atoms with E-state index < -0.39 is 33.5 Å². The first-order valence-electron chi connectivity index (χ1n) is 9.09. The third-order valence-corrected chi connectivity index (χ3v) is 6.37. The number of carbonyl (C=O) groups excluding carboxylic acids is 2. The second-order valence-corrected chi connectivity index (χ2v) is 9.10. The number of halogens is 2. The van der Waals surface area contributed by atoms with Crippen molar-refractivity contribution >= 4 is 27.5 Å². The van der Waals surface area contributed by atoms with Crippen molar-refractivity contribution in [3.05, 3.63) is 65.2 Å². The Bertz CT molecular complexity index is 1040. The molecule has 1 aliphatic heterocycles. The lowest BCUT2D eigenvalue weighted by Crippen LogP contribution is -2.50. The van der Waals surface area contributed by atoms with Crippen LogP contribution in [0.2, 0.25) is 0 Å². The van der Waals surface area contributed by atoms with Gasteiger partial charge in [-0.15, -0.1) is 0 Å². The van der Waals surface area contributed by atoms with Crippen LogP contribution < -0.4 is 4.90 Å². The molecule has 2 aromatic rings. The summed E-state index contributed by atoms with van der Waals surface area (Å²) in [7, 11) is -1.95. The van der Waals surface area contributed by atoms with Crippen LogP contribution in [0.25, 0.3) is 0 Å². The molecular formula is C20H20F2N2O5S. The number of anilines is 1. The molecule has 0 N–H and O–H groups in total. The molecule has 0 spiro atoms. The number of hydrogen-bond donors (Lipinski definition) is 0. The minimum atomic E-state index is -3.21. The van der Waals surface area contributed by atoms with Crippen LogP contribution in [0.1, 0.15) is 15.9 Å². The molecule has 2 aromatic carbocycles. The highest BCUT2D eigenvalue weighted by Gasteiger charge is 2.30. The van der Waals surface area contributed by atoms with Gasteiger partial charge in [-0.1, -0.05) is 12.1 Å². The monoisotopic (exact) mass is 438 g/mol. The van der Waals surface area contributed by atoms with Crippen molar-refractivity contribution in [1.29, 1.82) is 0 Å². The summed E-state index contributed by atoms with van der Waals surface area (Å²) in [6.07, 6.45) is 0. The molecule has 0 bridgehead atoms. The summed E-state index contributed by atoms with van der Waals surface area (Å²) in [5.74, 6) is -2.57. The van der Waals surface area contributed by atoms with Crippen molar-refractivity contribution in [2.45, 2.75) is 6.54 Å². The van der Waals surface area contributed by atoms with Crippen LogP contribution in [-0.4, -0.2) is 57.0 Å². The smallest absolute Gasteiger partial charge is 0.337 e. The SMILES string of the molecule is COC(=O)c1ccc(CN(C(=O)N2CCS(=O)(=O)CC2)c2ccc(F)cc2F)cc1. The average molecular weight is 438 g/mol. The molecule has 2 amide bonds. The Balaban J connectivity index is 1.89. The Kier molecular flexibility index (Phi) is 6.35.